The van der Waals surface area contributed by atoms with Crippen molar-refractivity contribution in [2.45, 2.75) is 165 Å². The third-order valence-electron chi connectivity index (χ3n) is 14.6. The molecular formula is C64H80Cl4N2O2. The number of unbranched alkanes of at least 4 members (excludes halogenated alkanes) is 4. The number of esters is 1. The van der Waals surface area contributed by atoms with E-state index in [1.54, 1.807) is 0 Å². The van der Waals surface area contributed by atoms with Crippen LogP contribution in [0.3, 0.4) is 0 Å². The van der Waals surface area contributed by atoms with Crippen LogP contribution >= 0.6 is 46.4 Å². The molecule has 0 radical (unpaired) electrons. The summed E-state index contributed by atoms with van der Waals surface area (Å²) in [5.74, 6) is -0.585. The van der Waals surface area contributed by atoms with Crippen molar-refractivity contribution in [3.63, 3.8) is 0 Å². The summed E-state index contributed by atoms with van der Waals surface area (Å²) >= 11 is 29.1. The maximum Gasteiger partial charge on any atom is 0.341 e. The van der Waals surface area contributed by atoms with Crippen molar-refractivity contribution in [1.29, 1.82) is 0 Å². The van der Waals surface area contributed by atoms with Crippen LogP contribution in [0.1, 0.15) is 193 Å². The van der Waals surface area contributed by atoms with E-state index in [2.05, 4.69) is 164 Å². The third kappa shape index (κ3) is 11.8. The van der Waals surface area contributed by atoms with Gasteiger partial charge in [0, 0.05) is 43.1 Å². The van der Waals surface area contributed by atoms with E-state index in [0.29, 0.717) is 18.4 Å². The molecule has 6 rings (SSSR count). The highest BCUT2D eigenvalue weighted by Gasteiger charge is 2.55. The number of nitrogens with zero attached hydrogens (tertiary/aromatic N) is 2. The predicted octanol–water partition coefficient (Wildman–Crippen LogP) is 19.8. The van der Waals surface area contributed by atoms with E-state index < -0.39 is 11.6 Å². The van der Waals surface area contributed by atoms with Crippen LogP contribution in [0.2, 0.25) is 20.1 Å². The Morgan fingerprint density at radius 1 is 0.500 bits per heavy atom. The molecule has 386 valence electrons. The molecule has 5 aromatic rings. The average molecular weight is 1050 g/mol. The Labute approximate surface area is 454 Å². The number of cyclic esters (lactones) is 1. The number of rotatable bonds is 26. The molecule has 0 aliphatic carbocycles. The van der Waals surface area contributed by atoms with Crippen molar-refractivity contribution in [3.8, 4) is 0 Å². The Bertz CT molecular complexity index is 2580. The van der Waals surface area contributed by atoms with E-state index in [4.69, 9.17) is 51.1 Å². The van der Waals surface area contributed by atoms with E-state index in [-0.39, 0.29) is 25.7 Å². The number of hydrogen-bond donors (Lipinski definition) is 0. The lowest BCUT2D eigenvalue weighted by Crippen LogP contribution is -2.34. The normalized spacial score (nSPS) is 15.1. The van der Waals surface area contributed by atoms with Gasteiger partial charge in [-0.1, -0.05) is 201 Å². The van der Waals surface area contributed by atoms with Crippen LogP contribution in [0.5, 0.6) is 0 Å². The number of hydrogen-bond acceptors (Lipinski definition) is 4. The maximum atomic E-state index is 15.3. The first-order valence-corrected chi connectivity index (χ1v) is 28.8. The molecule has 1 aliphatic rings. The van der Waals surface area contributed by atoms with Crippen LogP contribution < -0.4 is 9.80 Å². The monoisotopic (exact) mass is 1050 g/mol. The van der Waals surface area contributed by atoms with Crippen LogP contribution in [0.15, 0.2) is 96.1 Å². The molecule has 0 saturated carbocycles. The van der Waals surface area contributed by atoms with Gasteiger partial charge in [-0.05, 0) is 156 Å². The smallest absolute Gasteiger partial charge is 0.341 e. The van der Waals surface area contributed by atoms with E-state index in [1.165, 1.54) is 33.6 Å². The highest BCUT2D eigenvalue weighted by molar-refractivity contribution is 6.53. The number of carbonyl (C=O) groups excluding carboxylic acids is 1. The zero-order chi connectivity index (χ0) is 52.1. The van der Waals surface area contributed by atoms with Crippen molar-refractivity contribution in [2.75, 3.05) is 36.0 Å². The van der Waals surface area contributed by atoms with Gasteiger partial charge in [0.05, 0.1) is 25.7 Å². The number of anilines is 2. The van der Waals surface area contributed by atoms with E-state index in [0.717, 1.165) is 148 Å². The molecule has 1 heterocycles. The number of carbonyl (C=O) groups is 1. The molecule has 0 unspecified atom stereocenters. The fraction of sp³-hybridized carbons (Fsp3) is 0.453. The second-order valence-corrected chi connectivity index (χ2v) is 21.2. The molecule has 0 saturated heterocycles. The summed E-state index contributed by atoms with van der Waals surface area (Å²) in [4.78, 5) is 20.4. The highest BCUT2D eigenvalue weighted by atomic mass is 35.5. The quantitative estimate of drug-likeness (QED) is 0.0314. The molecule has 0 aromatic heterocycles. The molecule has 5 aromatic carbocycles. The van der Waals surface area contributed by atoms with Gasteiger partial charge in [0.1, 0.15) is 0 Å². The molecule has 0 fully saturated rings. The lowest BCUT2D eigenvalue weighted by atomic mass is 9.69. The van der Waals surface area contributed by atoms with Crippen molar-refractivity contribution < 1.29 is 9.53 Å². The second kappa shape index (κ2) is 26.9. The van der Waals surface area contributed by atoms with Gasteiger partial charge >= 0.3 is 5.97 Å². The van der Waals surface area contributed by atoms with Crippen molar-refractivity contribution in [3.05, 3.63) is 172 Å². The summed E-state index contributed by atoms with van der Waals surface area (Å²) in [5.41, 5.74) is 14.4. The van der Waals surface area contributed by atoms with Crippen LogP contribution in [-0.2, 0) is 23.2 Å². The number of ether oxygens (including phenoxy) is 1. The minimum atomic E-state index is -1.59. The average Bonchev–Trinajstić information content (AvgIpc) is 3.69. The van der Waals surface area contributed by atoms with Crippen molar-refractivity contribution in [2.24, 2.45) is 0 Å². The zero-order valence-corrected chi connectivity index (χ0v) is 48.1. The molecule has 0 amide bonds. The summed E-state index contributed by atoms with van der Waals surface area (Å²) < 4.78 is 7.35. The first kappa shape index (κ1) is 57.1. The summed E-state index contributed by atoms with van der Waals surface area (Å²) in [6.45, 7) is 26.3. The highest BCUT2D eigenvalue weighted by Crippen LogP contribution is 2.60. The SMILES string of the molecule is CCCCN(CCCC)c1ccc(C(=C(CC)C2(C(CC)=C(c3ccc(N(CCCC)CCCC)c(C)c3)c3ccccc3CCC)OC(=O)c3c(Cl)c(Cl)c(Cl)c(Cl)c32)c2ccccc2CCC)cc1C. The Kier molecular flexibility index (Phi) is 21.3. The summed E-state index contributed by atoms with van der Waals surface area (Å²) in [6.07, 6.45) is 13.6. The second-order valence-electron chi connectivity index (χ2n) is 19.7. The molecule has 72 heavy (non-hydrogen) atoms. The first-order chi connectivity index (χ1) is 34.8. The molecule has 8 heteroatoms. The van der Waals surface area contributed by atoms with E-state index in [1.807, 2.05) is 0 Å². The number of fused-ring (bicyclic) bond motifs is 1. The van der Waals surface area contributed by atoms with Gasteiger partial charge in [-0.25, -0.2) is 4.79 Å². The minimum Gasteiger partial charge on any atom is -0.441 e. The first-order valence-electron chi connectivity index (χ1n) is 27.3. The van der Waals surface area contributed by atoms with Gasteiger partial charge in [0.25, 0.3) is 0 Å². The molecule has 1 aliphatic heterocycles. The molecule has 0 atom stereocenters. The van der Waals surface area contributed by atoms with Crippen LogP contribution in [0.4, 0.5) is 11.4 Å². The van der Waals surface area contributed by atoms with Gasteiger partial charge in [-0.3, -0.25) is 0 Å². The van der Waals surface area contributed by atoms with Gasteiger partial charge in [0.2, 0.25) is 0 Å². The Morgan fingerprint density at radius 3 is 1.25 bits per heavy atom. The fourth-order valence-electron chi connectivity index (χ4n) is 11.1. The third-order valence-corrected chi connectivity index (χ3v) is 16.4. The Balaban J connectivity index is 1.87. The molecule has 0 spiro atoms. The lowest BCUT2D eigenvalue weighted by molar-refractivity contribution is 0.0213. The summed E-state index contributed by atoms with van der Waals surface area (Å²) in [5, 5.41) is 0.327. The summed E-state index contributed by atoms with van der Waals surface area (Å²) in [6, 6.07) is 31.3. The zero-order valence-electron chi connectivity index (χ0n) is 45.0. The fourth-order valence-corrected chi connectivity index (χ4v) is 12.2. The van der Waals surface area contributed by atoms with Gasteiger partial charge in [-0.15, -0.1) is 0 Å². The van der Waals surface area contributed by atoms with Crippen molar-refractivity contribution >= 4 is 74.9 Å². The Hall–Kier alpha value is -4.19. The molecular weight excluding hydrogens is 971 g/mol. The predicted molar refractivity (Wildman–Crippen MR) is 313 cm³/mol. The largest absolute Gasteiger partial charge is 0.441 e. The van der Waals surface area contributed by atoms with Gasteiger partial charge < -0.3 is 14.5 Å². The van der Waals surface area contributed by atoms with E-state index in [9.17, 15) is 0 Å². The standard InChI is InChI=1S/C64H80Cl4N2O2/c1-11-19-37-69(38-20-12-2)53-35-33-47(41-43(53)9)55(49-31-25-23-29-45(49)27-15-5)51(17-7)64(58-57(63(71)72-64)59(65)61(67)62(68)60(58)66)52(18-8)56(50-32-26-24-30-46(50)28-16-6)48-34-36-54(44(10)42-48)70(39-21-13-3)40-22-14-4/h23-26,29-36,41-42H,11-22,27-28,37-40H2,1-10H3. The lowest BCUT2D eigenvalue weighted by Gasteiger charge is -2.39. The van der Waals surface area contributed by atoms with Crippen LogP contribution in [0.25, 0.3) is 11.1 Å². The van der Waals surface area contributed by atoms with Crippen LogP contribution in [0, 0.1) is 13.8 Å². The number of halogens is 4. The van der Waals surface area contributed by atoms with E-state index >= 15 is 4.79 Å². The summed E-state index contributed by atoms with van der Waals surface area (Å²) in [7, 11) is 0. The maximum absolute atomic E-state index is 15.3. The van der Waals surface area contributed by atoms with Crippen LogP contribution in [-0.4, -0.2) is 32.1 Å². The number of benzene rings is 5. The van der Waals surface area contributed by atoms with Gasteiger partial charge in [0.15, 0.2) is 5.60 Å². The Morgan fingerprint density at radius 2 is 0.889 bits per heavy atom. The van der Waals surface area contributed by atoms with Crippen molar-refractivity contribution in [1.82, 2.24) is 0 Å². The molecule has 0 N–H and O–H groups in total. The topological polar surface area (TPSA) is 32.8 Å². The van der Waals surface area contributed by atoms with Gasteiger partial charge in [-0.2, -0.15) is 0 Å². The minimum absolute atomic E-state index is 0.0322. The molecule has 4 nitrogen and oxygen atoms in total. The molecule has 0 bridgehead atoms. The number of aryl methyl sites for hydroxylation is 4.